The smallest absolute Gasteiger partial charge is 0.459 e. The van der Waals surface area contributed by atoms with Gasteiger partial charge in [0.15, 0.2) is 5.41 Å². The van der Waals surface area contributed by atoms with E-state index in [1.54, 1.807) is 0 Å². The third-order valence-corrected chi connectivity index (χ3v) is 2.76. The summed E-state index contributed by atoms with van der Waals surface area (Å²) in [6.07, 6.45) is -9.72. The Morgan fingerprint density at radius 3 is 1.67 bits per heavy atom. The summed E-state index contributed by atoms with van der Waals surface area (Å²) in [7, 11) is 0. The Morgan fingerprint density at radius 1 is 1.06 bits per heavy atom. The van der Waals surface area contributed by atoms with Gasteiger partial charge in [0.05, 0.1) is 0 Å². The van der Waals surface area contributed by atoms with Crippen molar-refractivity contribution in [1.29, 1.82) is 0 Å². The SMILES string of the molecule is O=C1CC(C(=O)O)(C(F)(F)C(F)(F)C(F)(F)F)C1. The molecule has 0 heterocycles. The number of halogens is 7. The molecule has 1 aliphatic rings. The minimum absolute atomic E-state index is 1.12. The van der Waals surface area contributed by atoms with Crippen molar-refractivity contribution in [2.75, 3.05) is 0 Å². The lowest BCUT2D eigenvalue weighted by molar-refractivity contribution is -0.379. The highest BCUT2D eigenvalue weighted by Crippen LogP contribution is 2.60. The van der Waals surface area contributed by atoms with Gasteiger partial charge in [-0.1, -0.05) is 0 Å². The fourth-order valence-electron chi connectivity index (χ4n) is 1.61. The van der Waals surface area contributed by atoms with Gasteiger partial charge in [0.2, 0.25) is 0 Å². The van der Waals surface area contributed by atoms with Crippen molar-refractivity contribution in [2.45, 2.75) is 30.9 Å². The molecule has 3 nitrogen and oxygen atoms in total. The normalized spacial score (nSPS) is 20.5. The lowest BCUT2D eigenvalue weighted by Gasteiger charge is -2.45. The van der Waals surface area contributed by atoms with Crippen molar-refractivity contribution in [1.82, 2.24) is 0 Å². The highest BCUT2D eigenvalue weighted by molar-refractivity contribution is 5.98. The molecule has 0 amide bonds. The molecule has 0 aromatic rings. The number of carbonyl (C=O) groups excluding carboxylic acids is 1. The predicted octanol–water partition coefficient (Wildman–Crippen LogP) is 2.25. The van der Waals surface area contributed by atoms with E-state index >= 15 is 0 Å². The Morgan fingerprint density at radius 2 is 1.44 bits per heavy atom. The minimum atomic E-state index is -6.61. The molecule has 0 aliphatic heterocycles. The van der Waals surface area contributed by atoms with Crippen LogP contribution >= 0.6 is 0 Å². The summed E-state index contributed by atoms with van der Waals surface area (Å²) in [5, 5.41) is 8.43. The van der Waals surface area contributed by atoms with E-state index in [1.165, 1.54) is 0 Å². The molecule has 0 saturated heterocycles. The van der Waals surface area contributed by atoms with Gasteiger partial charge in [-0.15, -0.1) is 0 Å². The average molecular weight is 282 g/mol. The van der Waals surface area contributed by atoms with Crippen molar-refractivity contribution in [3.8, 4) is 0 Å². The Kier molecular flexibility index (Phi) is 2.92. The maximum atomic E-state index is 13.2. The molecule has 1 saturated carbocycles. The molecular formula is C8H5F7O3. The van der Waals surface area contributed by atoms with Crippen LogP contribution in [-0.2, 0) is 9.59 Å². The maximum Gasteiger partial charge on any atom is 0.459 e. The zero-order chi connectivity index (χ0) is 14.6. The molecule has 0 unspecified atom stereocenters. The Balaban J connectivity index is 3.28. The summed E-state index contributed by atoms with van der Waals surface area (Å²) < 4.78 is 87.4. The number of rotatable bonds is 3. The highest BCUT2D eigenvalue weighted by Gasteiger charge is 2.83. The summed E-state index contributed by atoms with van der Waals surface area (Å²) in [5.74, 6) is -16.1. The second-order valence-electron chi connectivity index (χ2n) is 3.93. The number of hydrogen-bond donors (Lipinski definition) is 1. The maximum absolute atomic E-state index is 13.2. The van der Waals surface area contributed by atoms with E-state index in [-0.39, 0.29) is 0 Å². The van der Waals surface area contributed by atoms with Crippen molar-refractivity contribution in [3.05, 3.63) is 0 Å². The van der Waals surface area contributed by atoms with Gasteiger partial charge in [-0.25, -0.2) is 0 Å². The zero-order valence-corrected chi connectivity index (χ0v) is 8.32. The van der Waals surface area contributed by atoms with E-state index in [9.17, 15) is 40.3 Å². The second kappa shape index (κ2) is 3.58. The van der Waals surface area contributed by atoms with Gasteiger partial charge in [-0.3, -0.25) is 9.59 Å². The summed E-state index contributed by atoms with van der Waals surface area (Å²) >= 11 is 0. The topological polar surface area (TPSA) is 54.4 Å². The largest absolute Gasteiger partial charge is 0.481 e. The van der Waals surface area contributed by atoms with E-state index in [1.807, 2.05) is 0 Å². The molecule has 1 rings (SSSR count). The number of ketones is 1. The summed E-state index contributed by atoms with van der Waals surface area (Å²) in [4.78, 5) is 21.1. The van der Waals surface area contributed by atoms with Gasteiger partial charge in [0.1, 0.15) is 5.78 Å². The molecular weight excluding hydrogens is 277 g/mol. The average Bonchev–Trinajstić information content (AvgIpc) is 2.09. The van der Waals surface area contributed by atoms with Crippen LogP contribution in [-0.4, -0.2) is 34.9 Å². The van der Waals surface area contributed by atoms with Gasteiger partial charge in [-0.2, -0.15) is 30.7 Å². The van der Waals surface area contributed by atoms with Crippen molar-refractivity contribution in [3.63, 3.8) is 0 Å². The van der Waals surface area contributed by atoms with Crippen LogP contribution in [0.4, 0.5) is 30.7 Å². The van der Waals surface area contributed by atoms with Crippen LogP contribution in [0.2, 0.25) is 0 Å². The number of carbonyl (C=O) groups is 2. The van der Waals surface area contributed by atoms with Crippen molar-refractivity contribution in [2.24, 2.45) is 5.41 Å². The third kappa shape index (κ3) is 1.57. The minimum Gasteiger partial charge on any atom is -0.481 e. The van der Waals surface area contributed by atoms with E-state index in [4.69, 9.17) is 5.11 Å². The standard InChI is InChI=1S/C8H5F7O3/c9-6(10,7(11,12)8(13,14)15)5(4(17)18)1-3(16)2-5/h1-2H2,(H,17,18). The Hall–Kier alpha value is -1.35. The van der Waals surface area contributed by atoms with Crippen LogP contribution in [0.1, 0.15) is 12.8 Å². The molecule has 0 radical (unpaired) electrons. The molecule has 1 aliphatic carbocycles. The fraction of sp³-hybridized carbons (Fsp3) is 0.750. The first kappa shape index (κ1) is 14.7. The number of carboxylic acids is 1. The molecule has 0 bridgehead atoms. The highest BCUT2D eigenvalue weighted by atomic mass is 19.4. The molecule has 0 atom stereocenters. The number of Topliss-reactive ketones (excluding diaryl/α,β-unsaturated/α-hetero) is 1. The monoisotopic (exact) mass is 282 g/mol. The number of alkyl halides is 7. The Bertz CT molecular complexity index is 390. The number of hydrogen-bond acceptors (Lipinski definition) is 2. The van der Waals surface area contributed by atoms with Crippen LogP contribution in [0.3, 0.4) is 0 Å². The van der Waals surface area contributed by atoms with E-state index in [0.717, 1.165) is 0 Å². The van der Waals surface area contributed by atoms with Gasteiger partial charge in [0, 0.05) is 12.8 Å². The molecule has 0 spiro atoms. The molecule has 10 heteroatoms. The first-order valence-corrected chi connectivity index (χ1v) is 4.37. The van der Waals surface area contributed by atoms with Crippen molar-refractivity contribution >= 4 is 11.8 Å². The van der Waals surface area contributed by atoms with E-state index < -0.39 is 48.0 Å². The molecule has 18 heavy (non-hydrogen) atoms. The number of carboxylic acid groups (broad SMARTS) is 1. The Labute approximate surface area is 94.6 Å². The second-order valence-corrected chi connectivity index (χ2v) is 3.93. The van der Waals surface area contributed by atoms with Crippen LogP contribution in [0.5, 0.6) is 0 Å². The van der Waals surface area contributed by atoms with Crippen LogP contribution < -0.4 is 0 Å². The fourth-order valence-corrected chi connectivity index (χ4v) is 1.61. The first-order chi connectivity index (χ1) is 7.79. The third-order valence-electron chi connectivity index (χ3n) is 2.76. The lowest BCUT2D eigenvalue weighted by atomic mass is 9.62. The van der Waals surface area contributed by atoms with E-state index in [2.05, 4.69) is 0 Å². The summed E-state index contributed by atoms with van der Waals surface area (Å²) in [6, 6.07) is 0. The number of aliphatic carboxylic acids is 1. The van der Waals surface area contributed by atoms with Gasteiger partial charge in [0.25, 0.3) is 0 Å². The van der Waals surface area contributed by atoms with Crippen molar-refractivity contribution < 1.29 is 45.4 Å². The van der Waals surface area contributed by atoms with Gasteiger partial charge in [-0.05, 0) is 0 Å². The summed E-state index contributed by atoms with van der Waals surface area (Å²) in [6.45, 7) is 0. The van der Waals surface area contributed by atoms with Gasteiger partial charge < -0.3 is 5.11 Å². The zero-order valence-electron chi connectivity index (χ0n) is 8.32. The molecule has 0 aromatic heterocycles. The molecule has 0 aromatic carbocycles. The first-order valence-electron chi connectivity index (χ1n) is 4.37. The van der Waals surface area contributed by atoms with Gasteiger partial charge >= 0.3 is 24.0 Å². The molecule has 104 valence electrons. The van der Waals surface area contributed by atoms with Crippen LogP contribution in [0.25, 0.3) is 0 Å². The molecule has 1 N–H and O–H groups in total. The van der Waals surface area contributed by atoms with Crippen LogP contribution in [0, 0.1) is 5.41 Å². The molecule has 1 fully saturated rings. The quantitative estimate of drug-likeness (QED) is 0.808. The van der Waals surface area contributed by atoms with Crippen LogP contribution in [0.15, 0.2) is 0 Å². The summed E-state index contributed by atoms with van der Waals surface area (Å²) in [5.41, 5.74) is -3.71. The predicted molar refractivity (Wildman–Crippen MR) is 40.3 cm³/mol. The van der Waals surface area contributed by atoms with E-state index in [0.29, 0.717) is 0 Å². The lowest BCUT2D eigenvalue weighted by Crippen LogP contribution is -2.67.